The van der Waals surface area contributed by atoms with Crippen LogP contribution in [-0.2, 0) is 13.0 Å². The summed E-state index contributed by atoms with van der Waals surface area (Å²) in [6.45, 7) is 1.49. The van der Waals surface area contributed by atoms with E-state index in [9.17, 15) is 4.79 Å². The largest absolute Gasteiger partial charge is 0.344 e. The fraction of sp³-hybridized carbons (Fsp3) is 0.152. The number of unbranched alkanes of at least 4 members (excludes halogenated alkanes) is 1. The minimum atomic E-state index is -0.179. The number of nitrogens with one attached hydrogen (secondary N) is 1. The fourth-order valence-corrected chi connectivity index (χ4v) is 5.39. The van der Waals surface area contributed by atoms with E-state index < -0.39 is 0 Å². The second-order valence-corrected chi connectivity index (χ2v) is 9.63. The third kappa shape index (κ3) is 4.42. The molecular weight excluding hydrogens is 468 g/mol. The van der Waals surface area contributed by atoms with Crippen LogP contribution in [0.5, 0.6) is 0 Å². The molecule has 0 unspecified atom stereocenters. The van der Waals surface area contributed by atoms with E-state index in [0.29, 0.717) is 18.7 Å². The summed E-state index contributed by atoms with van der Waals surface area (Å²) in [5.41, 5.74) is 14.0. The molecule has 0 bridgehead atoms. The van der Waals surface area contributed by atoms with E-state index in [1.54, 1.807) is 0 Å². The van der Waals surface area contributed by atoms with Crippen molar-refractivity contribution in [2.24, 2.45) is 5.73 Å². The Kier molecular flexibility index (Phi) is 6.59. The third-order valence-corrected chi connectivity index (χ3v) is 7.17. The quantitative estimate of drug-likeness (QED) is 0.234. The summed E-state index contributed by atoms with van der Waals surface area (Å²) >= 11 is 0. The molecule has 3 N–H and O–H groups in total. The number of H-pyrrole nitrogens is 1. The number of benzene rings is 4. The average Bonchev–Trinajstić information content (AvgIpc) is 3.26. The Balaban J connectivity index is 1.63. The van der Waals surface area contributed by atoms with Gasteiger partial charge in [-0.25, -0.2) is 4.98 Å². The van der Waals surface area contributed by atoms with Crippen LogP contribution in [0.2, 0.25) is 0 Å². The first-order valence-corrected chi connectivity index (χ1v) is 13.2. The van der Waals surface area contributed by atoms with Gasteiger partial charge in [0.05, 0.1) is 11.0 Å². The van der Waals surface area contributed by atoms with Gasteiger partial charge in [0, 0.05) is 40.7 Å². The zero-order valence-corrected chi connectivity index (χ0v) is 21.2. The van der Waals surface area contributed by atoms with Gasteiger partial charge in [-0.3, -0.25) is 4.79 Å². The maximum Gasteiger partial charge on any atom is 0.275 e. The van der Waals surface area contributed by atoms with Crippen LogP contribution < -0.4 is 11.3 Å². The van der Waals surface area contributed by atoms with E-state index in [1.807, 2.05) is 42.5 Å². The molecule has 5 heteroatoms. The summed E-state index contributed by atoms with van der Waals surface area (Å²) in [6.07, 6.45) is 2.62. The van der Waals surface area contributed by atoms with Crippen molar-refractivity contribution >= 4 is 21.9 Å². The van der Waals surface area contributed by atoms with Gasteiger partial charge < -0.3 is 15.3 Å². The van der Waals surface area contributed by atoms with E-state index in [-0.39, 0.29) is 5.56 Å². The molecule has 0 radical (unpaired) electrons. The molecule has 2 aromatic heterocycles. The SMILES string of the molecule is NCCCCn1c(Cc2ccccc2)c(-c2nc3c(-c4ccccc4)cccc3[nH]c2=O)c2ccccc21. The highest BCUT2D eigenvalue weighted by atomic mass is 16.1. The maximum atomic E-state index is 13.7. The molecule has 0 saturated heterocycles. The van der Waals surface area contributed by atoms with Crippen LogP contribution in [0, 0.1) is 0 Å². The number of hydrogen-bond acceptors (Lipinski definition) is 3. The smallest absolute Gasteiger partial charge is 0.275 e. The number of aromatic nitrogens is 3. The first-order valence-electron chi connectivity index (χ1n) is 13.2. The predicted octanol–water partition coefficient (Wildman–Crippen LogP) is 6.54. The molecule has 0 atom stereocenters. The number of rotatable bonds is 8. The van der Waals surface area contributed by atoms with Gasteiger partial charge >= 0.3 is 0 Å². The third-order valence-electron chi connectivity index (χ3n) is 7.17. The van der Waals surface area contributed by atoms with Crippen molar-refractivity contribution in [2.45, 2.75) is 25.8 Å². The lowest BCUT2D eigenvalue weighted by molar-refractivity contribution is 0.615. The lowest BCUT2D eigenvalue weighted by atomic mass is 10.0. The Labute approximate surface area is 221 Å². The highest BCUT2D eigenvalue weighted by Gasteiger charge is 2.23. The van der Waals surface area contributed by atoms with Gasteiger partial charge in [-0.2, -0.15) is 0 Å². The van der Waals surface area contributed by atoms with Crippen molar-refractivity contribution in [2.75, 3.05) is 6.54 Å². The lowest BCUT2D eigenvalue weighted by Crippen LogP contribution is -2.14. The fourth-order valence-electron chi connectivity index (χ4n) is 5.39. The lowest BCUT2D eigenvalue weighted by Gasteiger charge is -2.13. The number of nitrogens with zero attached hydrogens (tertiary/aromatic N) is 2. The van der Waals surface area contributed by atoms with Gasteiger partial charge in [-0.05, 0) is 42.6 Å². The molecule has 6 aromatic rings. The van der Waals surface area contributed by atoms with Crippen LogP contribution in [-0.4, -0.2) is 21.1 Å². The number of nitrogens with two attached hydrogens (primary N) is 1. The van der Waals surface area contributed by atoms with E-state index >= 15 is 0 Å². The number of aromatic amines is 1. The first-order chi connectivity index (χ1) is 18.7. The molecule has 0 amide bonds. The zero-order chi connectivity index (χ0) is 25.9. The van der Waals surface area contributed by atoms with Crippen molar-refractivity contribution in [3.05, 3.63) is 125 Å². The Hall–Kier alpha value is -4.48. The Morgan fingerprint density at radius 1 is 0.789 bits per heavy atom. The number of fused-ring (bicyclic) bond motifs is 2. The molecule has 38 heavy (non-hydrogen) atoms. The minimum absolute atomic E-state index is 0.179. The van der Waals surface area contributed by atoms with Crippen LogP contribution >= 0.6 is 0 Å². The van der Waals surface area contributed by atoms with Crippen LogP contribution in [0.4, 0.5) is 0 Å². The van der Waals surface area contributed by atoms with Gasteiger partial charge in [0.2, 0.25) is 0 Å². The molecule has 0 aliphatic rings. The molecule has 6 rings (SSSR count). The summed E-state index contributed by atoms with van der Waals surface area (Å²) in [6, 6.07) is 34.9. The topological polar surface area (TPSA) is 76.7 Å². The Morgan fingerprint density at radius 3 is 2.32 bits per heavy atom. The zero-order valence-electron chi connectivity index (χ0n) is 21.2. The van der Waals surface area contributed by atoms with E-state index in [0.717, 1.165) is 63.7 Å². The highest BCUT2D eigenvalue weighted by Crippen LogP contribution is 2.36. The van der Waals surface area contributed by atoms with Crippen LogP contribution in [0.25, 0.3) is 44.3 Å². The normalized spacial score (nSPS) is 11.4. The minimum Gasteiger partial charge on any atom is -0.344 e. The van der Waals surface area contributed by atoms with E-state index in [2.05, 4.69) is 70.2 Å². The predicted molar refractivity (Wildman–Crippen MR) is 156 cm³/mol. The Bertz CT molecular complexity index is 1770. The second kappa shape index (κ2) is 10.5. The van der Waals surface area contributed by atoms with E-state index in [4.69, 9.17) is 10.7 Å². The van der Waals surface area contributed by atoms with Crippen molar-refractivity contribution in [1.29, 1.82) is 0 Å². The molecule has 0 aliphatic heterocycles. The molecule has 5 nitrogen and oxygen atoms in total. The molecule has 2 heterocycles. The number of para-hydroxylation sites is 2. The van der Waals surface area contributed by atoms with Crippen molar-refractivity contribution in [3.8, 4) is 22.4 Å². The van der Waals surface area contributed by atoms with Crippen LogP contribution in [0.3, 0.4) is 0 Å². The van der Waals surface area contributed by atoms with E-state index in [1.165, 1.54) is 5.56 Å². The Morgan fingerprint density at radius 2 is 1.53 bits per heavy atom. The summed E-state index contributed by atoms with van der Waals surface area (Å²) in [7, 11) is 0. The van der Waals surface area contributed by atoms with Gasteiger partial charge in [-0.1, -0.05) is 91.0 Å². The van der Waals surface area contributed by atoms with Gasteiger partial charge in [-0.15, -0.1) is 0 Å². The molecule has 4 aromatic carbocycles. The average molecular weight is 499 g/mol. The van der Waals surface area contributed by atoms with Gasteiger partial charge in [0.25, 0.3) is 5.56 Å². The van der Waals surface area contributed by atoms with Crippen LogP contribution in [0.1, 0.15) is 24.1 Å². The van der Waals surface area contributed by atoms with Crippen molar-refractivity contribution in [1.82, 2.24) is 14.5 Å². The number of aryl methyl sites for hydroxylation is 1. The van der Waals surface area contributed by atoms with Crippen molar-refractivity contribution < 1.29 is 0 Å². The standard InChI is InChI=1S/C33H30N4O/c34-20-9-10-21-37-28-19-8-7-16-26(28)30(29(37)22-23-12-3-1-4-13-23)32-33(38)35-27-18-11-17-25(31(27)36-32)24-14-5-2-6-15-24/h1-8,11-19H,9-10,20-22,34H2,(H,35,38). The summed E-state index contributed by atoms with van der Waals surface area (Å²) < 4.78 is 2.36. The monoisotopic (exact) mass is 498 g/mol. The van der Waals surface area contributed by atoms with Gasteiger partial charge in [0.1, 0.15) is 5.69 Å². The molecule has 0 aliphatic carbocycles. The van der Waals surface area contributed by atoms with Gasteiger partial charge in [0.15, 0.2) is 0 Å². The summed E-state index contributed by atoms with van der Waals surface area (Å²) in [5.74, 6) is 0. The summed E-state index contributed by atoms with van der Waals surface area (Å²) in [5, 5.41) is 1.04. The maximum absolute atomic E-state index is 13.7. The molecule has 0 fully saturated rings. The summed E-state index contributed by atoms with van der Waals surface area (Å²) in [4.78, 5) is 21.9. The second-order valence-electron chi connectivity index (χ2n) is 9.63. The molecule has 0 spiro atoms. The first kappa shape index (κ1) is 23.9. The number of hydrogen-bond donors (Lipinski definition) is 2. The van der Waals surface area contributed by atoms with Crippen LogP contribution in [0.15, 0.2) is 108 Å². The molecule has 0 saturated carbocycles. The highest BCUT2D eigenvalue weighted by molar-refractivity contribution is 5.99. The molecular formula is C33H30N4O. The molecule has 188 valence electrons. The van der Waals surface area contributed by atoms with Crippen molar-refractivity contribution in [3.63, 3.8) is 0 Å².